The smallest absolute Gasteiger partial charge is 0.224 e. The van der Waals surface area contributed by atoms with Crippen LogP contribution in [0.4, 0.5) is 0 Å². The number of piperazine rings is 1. The third-order valence-electron chi connectivity index (χ3n) is 5.25. The first-order valence-electron chi connectivity index (χ1n) is 10.7. The van der Waals surface area contributed by atoms with E-state index in [9.17, 15) is 13.2 Å². The van der Waals surface area contributed by atoms with Crippen molar-refractivity contribution in [1.82, 2.24) is 14.5 Å². The van der Waals surface area contributed by atoms with Crippen molar-refractivity contribution in [3.8, 4) is 5.75 Å². The van der Waals surface area contributed by atoms with Gasteiger partial charge in [-0.3, -0.25) is 9.69 Å². The van der Waals surface area contributed by atoms with Crippen LogP contribution in [0.2, 0.25) is 0 Å². The van der Waals surface area contributed by atoms with E-state index >= 15 is 0 Å². The molecule has 2 aromatic carbocycles. The van der Waals surface area contributed by atoms with Crippen molar-refractivity contribution in [2.75, 3.05) is 45.1 Å². The Kier molecular flexibility index (Phi) is 8.45. The number of carbonyl (C=O) groups excluding carboxylic acids is 1. The molecular formula is C23H31N3O4S. The highest BCUT2D eigenvalue weighted by Crippen LogP contribution is 2.13. The van der Waals surface area contributed by atoms with E-state index < -0.39 is 10.0 Å². The molecule has 3 rings (SSSR count). The normalized spacial score (nSPS) is 15.5. The maximum absolute atomic E-state index is 12.6. The molecule has 0 spiro atoms. The summed E-state index contributed by atoms with van der Waals surface area (Å²) in [5.41, 5.74) is 2.09. The number of sulfonamides is 1. The van der Waals surface area contributed by atoms with Crippen LogP contribution in [-0.4, -0.2) is 68.6 Å². The lowest BCUT2D eigenvalue weighted by Gasteiger charge is -2.34. The number of rotatable bonds is 10. The second kappa shape index (κ2) is 11.3. The van der Waals surface area contributed by atoms with E-state index in [1.807, 2.05) is 49.4 Å². The van der Waals surface area contributed by atoms with E-state index in [4.69, 9.17) is 4.74 Å². The number of hydrogen-bond donors (Lipinski definition) is 1. The minimum absolute atomic E-state index is 0.0826. The molecule has 1 fully saturated rings. The van der Waals surface area contributed by atoms with Gasteiger partial charge in [-0.1, -0.05) is 42.5 Å². The SMILES string of the molecule is CCOc1ccc(CC(=O)NCCS(=O)(=O)N2CCN(Cc3ccccc3)CC2)cc1. The van der Waals surface area contributed by atoms with Crippen LogP contribution < -0.4 is 10.1 Å². The molecule has 1 aliphatic heterocycles. The summed E-state index contributed by atoms with van der Waals surface area (Å²) in [5, 5.41) is 2.72. The van der Waals surface area contributed by atoms with Crippen LogP contribution in [0.5, 0.6) is 5.75 Å². The highest BCUT2D eigenvalue weighted by molar-refractivity contribution is 7.89. The summed E-state index contributed by atoms with van der Waals surface area (Å²) in [6, 6.07) is 17.5. The quantitative estimate of drug-likeness (QED) is 0.604. The molecule has 1 amide bonds. The van der Waals surface area contributed by atoms with E-state index in [1.165, 1.54) is 9.87 Å². The van der Waals surface area contributed by atoms with Crippen LogP contribution in [0.1, 0.15) is 18.1 Å². The van der Waals surface area contributed by atoms with Gasteiger partial charge in [-0.2, -0.15) is 4.31 Å². The largest absolute Gasteiger partial charge is 0.494 e. The summed E-state index contributed by atoms with van der Waals surface area (Å²) in [6.07, 6.45) is 0.213. The van der Waals surface area contributed by atoms with E-state index in [1.54, 1.807) is 0 Å². The van der Waals surface area contributed by atoms with Crippen molar-refractivity contribution in [3.05, 3.63) is 65.7 Å². The number of hydrogen-bond acceptors (Lipinski definition) is 5. The number of amides is 1. The first kappa shape index (κ1) is 23.2. The van der Waals surface area contributed by atoms with Gasteiger partial charge in [-0.15, -0.1) is 0 Å². The van der Waals surface area contributed by atoms with Crippen LogP contribution in [0.3, 0.4) is 0 Å². The maximum atomic E-state index is 12.6. The van der Waals surface area contributed by atoms with E-state index in [-0.39, 0.29) is 24.6 Å². The second-order valence-corrected chi connectivity index (χ2v) is 9.67. The van der Waals surface area contributed by atoms with Gasteiger partial charge < -0.3 is 10.1 Å². The topological polar surface area (TPSA) is 78.9 Å². The van der Waals surface area contributed by atoms with Gasteiger partial charge in [0.15, 0.2) is 0 Å². The van der Waals surface area contributed by atoms with Crippen molar-refractivity contribution < 1.29 is 17.9 Å². The zero-order chi connectivity index (χ0) is 22.1. The van der Waals surface area contributed by atoms with Crippen molar-refractivity contribution in [2.24, 2.45) is 0 Å². The van der Waals surface area contributed by atoms with Gasteiger partial charge in [-0.05, 0) is 30.2 Å². The number of nitrogens with zero attached hydrogens (tertiary/aromatic N) is 2. The van der Waals surface area contributed by atoms with Crippen molar-refractivity contribution in [3.63, 3.8) is 0 Å². The molecule has 0 atom stereocenters. The molecule has 8 heteroatoms. The standard InChI is InChI=1S/C23H31N3O4S/c1-2-30-22-10-8-20(9-11-22)18-23(27)24-12-17-31(28,29)26-15-13-25(14-16-26)19-21-6-4-3-5-7-21/h3-11H,2,12-19H2,1H3,(H,24,27). The Bertz CT molecular complexity index is 925. The predicted octanol–water partition coefficient (Wildman–Crippen LogP) is 1.89. The molecule has 31 heavy (non-hydrogen) atoms. The first-order valence-corrected chi connectivity index (χ1v) is 12.3. The highest BCUT2D eigenvalue weighted by Gasteiger charge is 2.26. The van der Waals surface area contributed by atoms with Crippen molar-refractivity contribution >= 4 is 15.9 Å². The zero-order valence-electron chi connectivity index (χ0n) is 18.0. The van der Waals surface area contributed by atoms with Gasteiger partial charge in [0, 0.05) is 39.3 Å². The van der Waals surface area contributed by atoms with Crippen LogP contribution in [0.15, 0.2) is 54.6 Å². The van der Waals surface area contributed by atoms with Gasteiger partial charge in [0.25, 0.3) is 0 Å². The van der Waals surface area contributed by atoms with Crippen LogP contribution in [0, 0.1) is 0 Å². The summed E-state index contributed by atoms with van der Waals surface area (Å²) in [4.78, 5) is 14.4. The van der Waals surface area contributed by atoms with Crippen molar-refractivity contribution in [1.29, 1.82) is 0 Å². The molecule has 1 aliphatic rings. The second-order valence-electron chi connectivity index (χ2n) is 7.58. The minimum atomic E-state index is -3.38. The Hall–Kier alpha value is -2.42. The highest BCUT2D eigenvalue weighted by atomic mass is 32.2. The molecule has 1 N–H and O–H groups in total. The predicted molar refractivity (Wildman–Crippen MR) is 121 cm³/mol. The number of benzene rings is 2. The molecular weight excluding hydrogens is 414 g/mol. The average molecular weight is 446 g/mol. The third-order valence-corrected chi connectivity index (χ3v) is 7.13. The molecule has 0 aromatic heterocycles. The summed E-state index contributed by atoms with van der Waals surface area (Å²) >= 11 is 0. The molecule has 2 aromatic rings. The zero-order valence-corrected chi connectivity index (χ0v) is 18.8. The Balaban J connectivity index is 1.38. The molecule has 7 nitrogen and oxygen atoms in total. The monoisotopic (exact) mass is 445 g/mol. The average Bonchev–Trinajstić information content (AvgIpc) is 2.76. The summed E-state index contributed by atoms with van der Waals surface area (Å²) in [6.45, 7) is 5.83. The molecule has 0 radical (unpaired) electrons. The Morgan fingerprint density at radius 2 is 1.65 bits per heavy atom. The summed E-state index contributed by atoms with van der Waals surface area (Å²) < 4.78 is 32.2. The van der Waals surface area contributed by atoms with E-state index in [0.29, 0.717) is 32.8 Å². The lowest BCUT2D eigenvalue weighted by Crippen LogP contribution is -2.49. The Morgan fingerprint density at radius 3 is 2.29 bits per heavy atom. The molecule has 0 bridgehead atoms. The fraction of sp³-hybridized carbons (Fsp3) is 0.435. The lowest BCUT2D eigenvalue weighted by molar-refractivity contribution is -0.120. The summed E-state index contributed by atoms with van der Waals surface area (Å²) in [7, 11) is -3.38. The third kappa shape index (κ3) is 7.34. The number of carbonyl (C=O) groups is 1. The van der Waals surface area contributed by atoms with Crippen LogP contribution in [0.25, 0.3) is 0 Å². The van der Waals surface area contributed by atoms with Crippen LogP contribution >= 0.6 is 0 Å². The number of ether oxygens (including phenoxy) is 1. The molecule has 0 saturated carbocycles. The van der Waals surface area contributed by atoms with Gasteiger partial charge in [0.1, 0.15) is 5.75 Å². The molecule has 0 aliphatic carbocycles. The Labute approximate surface area is 185 Å². The van der Waals surface area contributed by atoms with Crippen LogP contribution in [-0.2, 0) is 27.8 Å². The Morgan fingerprint density at radius 1 is 0.968 bits per heavy atom. The van der Waals surface area contributed by atoms with E-state index in [2.05, 4.69) is 22.3 Å². The van der Waals surface area contributed by atoms with E-state index in [0.717, 1.165) is 17.9 Å². The molecule has 1 saturated heterocycles. The van der Waals surface area contributed by atoms with Gasteiger partial charge in [0.05, 0.1) is 18.8 Å². The van der Waals surface area contributed by atoms with Gasteiger partial charge in [-0.25, -0.2) is 8.42 Å². The fourth-order valence-corrected chi connectivity index (χ4v) is 4.91. The van der Waals surface area contributed by atoms with Crippen molar-refractivity contribution in [2.45, 2.75) is 19.9 Å². The lowest BCUT2D eigenvalue weighted by atomic mass is 10.1. The van der Waals surface area contributed by atoms with Gasteiger partial charge in [0.2, 0.25) is 15.9 Å². The minimum Gasteiger partial charge on any atom is -0.494 e. The molecule has 1 heterocycles. The molecule has 0 unspecified atom stereocenters. The maximum Gasteiger partial charge on any atom is 0.224 e. The van der Waals surface area contributed by atoms with Gasteiger partial charge >= 0.3 is 0 Å². The first-order chi connectivity index (χ1) is 15.0. The number of nitrogens with one attached hydrogen (secondary N) is 1. The fourth-order valence-electron chi connectivity index (χ4n) is 3.57. The summed E-state index contributed by atoms with van der Waals surface area (Å²) in [5.74, 6) is 0.495. The molecule has 168 valence electrons.